The van der Waals surface area contributed by atoms with Crippen molar-refractivity contribution in [1.29, 1.82) is 0 Å². The molecule has 5 nitrogen and oxygen atoms in total. The molecular formula is C21H22N2O3. The minimum atomic E-state index is -0.151. The van der Waals surface area contributed by atoms with E-state index in [1.807, 2.05) is 31.2 Å². The number of hydrogen-bond acceptors (Lipinski definition) is 4. The van der Waals surface area contributed by atoms with Crippen LogP contribution in [0.15, 0.2) is 59.2 Å². The summed E-state index contributed by atoms with van der Waals surface area (Å²) in [6, 6.07) is 13.4. The Morgan fingerprint density at radius 3 is 2.65 bits per heavy atom. The Balaban J connectivity index is 1.55. The Bertz CT molecular complexity index is 888. The average Bonchev–Trinajstić information content (AvgIpc) is 3.34. The Hall–Kier alpha value is -3.08. The van der Waals surface area contributed by atoms with Crippen molar-refractivity contribution in [2.75, 3.05) is 0 Å². The fourth-order valence-corrected chi connectivity index (χ4v) is 2.45. The molecule has 0 fully saturated rings. The number of furan rings is 1. The van der Waals surface area contributed by atoms with E-state index in [1.165, 1.54) is 11.6 Å². The molecule has 0 radical (unpaired) electrons. The van der Waals surface area contributed by atoms with Gasteiger partial charge < -0.3 is 9.15 Å². The SMILES string of the molecule is CCc1ccc(OCc2ccc(/C=C/C(=O)c3ccn(CC)n3)o2)cc1. The zero-order valence-corrected chi connectivity index (χ0v) is 15.0. The van der Waals surface area contributed by atoms with Gasteiger partial charge in [0, 0.05) is 12.7 Å². The van der Waals surface area contributed by atoms with Crippen LogP contribution in [0.1, 0.15) is 41.4 Å². The molecule has 26 heavy (non-hydrogen) atoms. The minimum absolute atomic E-state index is 0.151. The lowest BCUT2D eigenvalue weighted by Gasteiger charge is -2.04. The molecule has 2 aromatic heterocycles. The van der Waals surface area contributed by atoms with Crippen molar-refractivity contribution in [1.82, 2.24) is 9.78 Å². The number of allylic oxidation sites excluding steroid dienone is 1. The average molecular weight is 350 g/mol. The summed E-state index contributed by atoms with van der Waals surface area (Å²) in [6.45, 7) is 5.17. The predicted octanol–water partition coefficient (Wildman–Crippen LogP) is 4.53. The first kappa shape index (κ1) is 17.7. The Morgan fingerprint density at radius 1 is 1.15 bits per heavy atom. The van der Waals surface area contributed by atoms with Crippen molar-refractivity contribution in [3.05, 3.63) is 77.5 Å². The number of carbonyl (C=O) groups excluding carboxylic acids is 1. The summed E-state index contributed by atoms with van der Waals surface area (Å²) in [6.07, 6.45) is 5.91. The van der Waals surface area contributed by atoms with E-state index in [2.05, 4.69) is 24.2 Å². The maximum absolute atomic E-state index is 12.1. The number of nitrogens with zero attached hydrogens (tertiary/aromatic N) is 2. The molecule has 3 rings (SSSR count). The molecule has 0 saturated heterocycles. The molecule has 0 N–H and O–H groups in total. The van der Waals surface area contributed by atoms with E-state index in [-0.39, 0.29) is 5.78 Å². The number of hydrogen-bond donors (Lipinski definition) is 0. The van der Waals surface area contributed by atoms with Gasteiger partial charge in [-0.15, -0.1) is 0 Å². The molecule has 2 heterocycles. The molecule has 0 spiro atoms. The van der Waals surface area contributed by atoms with Crippen LogP contribution in [0.2, 0.25) is 0 Å². The number of aryl methyl sites for hydroxylation is 2. The third-order valence-corrected chi connectivity index (χ3v) is 4.01. The van der Waals surface area contributed by atoms with Gasteiger partial charge in [0.2, 0.25) is 5.78 Å². The standard InChI is InChI=1S/C21H22N2O3/c1-3-16-5-7-17(8-6-16)25-15-19-10-9-18(26-19)11-12-21(24)20-13-14-23(4-2)22-20/h5-14H,3-4,15H2,1-2H3/b12-11+. The molecule has 0 atom stereocenters. The van der Waals surface area contributed by atoms with Crippen LogP contribution in [0.25, 0.3) is 6.08 Å². The monoisotopic (exact) mass is 350 g/mol. The summed E-state index contributed by atoms with van der Waals surface area (Å²) >= 11 is 0. The second-order valence-corrected chi connectivity index (χ2v) is 5.84. The molecule has 0 aliphatic carbocycles. The summed E-state index contributed by atoms with van der Waals surface area (Å²) in [5.74, 6) is 1.96. The van der Waals surface area contributed by atoms with Crippen LogP contribution in [0.4, 0.5) is 0 Å². The van der Waals surface area contributed by atoms with Gasteiger partial charge in [0.25, 0.3) is 0 Å². The van der Waals surface area contributed by atoms with Crippen LogP contribution >= 0.6 is 0 Å². The number of rotatable bonds is 8. The number of benzene rings is 1. The number of aromatic nitrogens is 2. The van der Waals surface area contributed by atoms with Crippen LogP contribution in [-0.4, -0.2) is 15.6 Å². The van der Waals surface area contributed by atoms with Gasteiger partial charge in [-0.05, 0) is 61.4 Å². The lowest BCUT2D eigenvalue weighted by molar-refractivity contribution is 0.104. The van der Waals surface area contributed by atoms with E-state index in [1.54, 1.807) is 23.0 Å². The third-order valence-electron chi connectivity index (χ3n) is 4.01. The molecule has 5 heteroatoms. The van der Waals surface area contributed by atoms with Gasteiger partial charge in [-0.25, -0.2) is 0 Å². The highest BCUT2D eigenvalue weighted by Gasteiger charge is 2.06. The number of ether oxygens (including phenoxy) is 1. The van der Waals surface area contributed by atoms with Gasteiger partial charge >= 0.3 is 0 Å². The van der Waals surface area contributed by atoms with Crippen LogP contribution in [0.5, 0.6) is 5.75 Å². The third kappa shape index (κ3) is 4.51. The lowest BCUT2D eigenvalue weighted by atomic mass is 10.2. The topological polar surface area (TPSA) is 57.3 Å². The van der Waals surface area contributed by atoms with Crippen molar-refractivity contribution < 1.29 is 13.9 Å². The first-order chi connectivity index (χ1) is 12.7. The first-order valence-corrected chi connectivity index (χ1v) is 8.74. The zero-order chi connectivity index (χ0) is 18.4. The predicted molar refractivity (Wildman–Crippen MR) is 100 cm³/mol. The summed E-state index contributed by atoms with van der Waals surface area (Å²) in [5.41, 5.74) is 1.70. The molecular weight excluding hydrogens is 328 g/mol. The maximum Gasteiger partial charge on any atom is 0.206 e. The van der Waals surface area contributed by atoms with Gasteiger partial charge in [-0.1, -0.05) is 19.1 Å². The normalized spacial score (nSPS) is 11.2. The molecule has 0 bridgehead atoms. The van der Waals surface area contributed by atoms with E-state index < -0.39 is 0 Å². The van der Waals surface area contributed by atoms with E-state index in [0.717, 1.165) is 18.7 Å². The molecule has 0 saturated carbocycles. The molecule has 0 aliphatic rings. The van der Waals surface area contributed by atoms with Crippen molar-refractivity contribution in [2.24, 2.45) is 0 Å². The van der Waals surface area contributed by atoms with E-state index in [9.17, 15) is 4.79 Å². The number of ketones is 1. The van der Waals surface area contributed by atoms with Gasteiger partial charge in [-0.2, -0.15) is 5.10 Å². The summed E-state index contributed by atoms with van der Waals surface area (Å²) < 4.78 is 13.1. The maximum atomic E-state index is 12.1. The second kappa shape index (κ2) is 8.34. The van der Waals surface area contributed by atoms with Crippen LogP contribution in [-0.2, 0) is 19.6 Å². The highest BCUT2D eigenvalue weighted by Crippen LogP contribution is 2.16. The van der Waals surface area contributed by atoms with E-state index in [0.29, 0.717) is 23.8 Å². The minimum Gasteiger partial charge on any atom is -0.486 e. The highest BCUT2D eigenvalue weighted by molar-refractivity contribution is 6.05. The molecule has 0 amide bonds. The zero-order valence-electron chi connectivity index (χ0n) is 15.0. The molecule has 0 unspecified atom stereocenters. The quantitative estimate of drug-likeness (QED) is 0.442. The largest absolute Gasteiger partial charge is 0.486 e. The van der Waals surface area contributed by atoms with Gasteiger partial charge in [-0.3, -0.25) is 9.48 Å². The van der Waals surface area contributed by atoms with Crippen molar-refractivity contribution in [3.8, 4) is 5.75 Å². The Kier molecular flexibility index (Phi) is 5.69. The second-order valence-electron chi connectivity index (χ2n) is 5.84. The van der Waals surface area contributed by atoms with E-state index in [4.69, 9.17) is 9.15 Å². The van der Waals surface area contributed by atoms with Gasteiger partial charge in [0.15, 0.2) is 0 Å². The summed E-state index contributed by atoms with van der Waals surface area (Å²) in [5, 5.41) is 4.19. The smallest absolute Gasteiger partial charge is 0.206 e. The fourth-order valence-electron chi connectivity index (χ4n) is 2.45. The summed E-state index contributed by atoms with van der Waals surface area (Å²) in [4.78, 5) is 12.1. The lowest BCUT2D eigenvalue weighted by Crippen LogP contribution is -1.99. The summed E-state index contributed by atoms with van der Waals surface area (Å²) in [7, 11) is 0. The molecule has 134 valence electrons. The van der Waals surface area contributed by atoms with Crippen molar-refractivity contribution >= 4 is 11.9 Å². The van der Waals surface area contributed by atoms with Gasteiger partial charge in [0.05, 0.1) is 0 Å². The van der Waals surface area contributed by atoms with Crippen molar-refractivity contribution in [2.45, 2.75) is 33.4 Å². The Labute approximate surface area is 152 Å². The number of carbonyl (C=O) groups is 1. The fraction of sp³-hybridized carbons (Fsp3) is 0.238. The van der Waals surface area contributed by atoms with Gasteiger partial charge in [0.1, 0.15) is 29.6 Å². The van der Waals surface area contributed by atoms with Crippen LogP contribution in [0, 0.1) is 0 Å². The Morgan fingerprint density at radius 2 is 1.96 bits per heavy atom. The van der Waals surface area contributed by atoms with Crippen LogP contribution in [0.3, 0.4) is 0 Å². The molecule has 3 aromatic rings. The van der Waals surface area contributed by atoms with E-state index >= 15 is 0 Å². The molecule has 0 aliphatic heterocycles. The highest BCUT2D eigenvalue weighted by atomic mass is 16.5. The molecule has 1 aromatic carbocycles. The first-order valence-electron chi connectivity index (χ1n) is 8.74. The van der Waals surface area contributed by atoms with Crippen LogP contribution < -0.4 is 4.74 Å². The van der Waals surface area contributed by atoms with Crippen molar-refractivity contribution in [3.63, 3.8) is 0 Å².